The van der Waals surface area contributed by atoms with Crippen molar-refractivity contribution in [1.82, 2.24) is 0 Å². The maximum Gasteiger partial charge on any atom is 0.167 e. The molecule has 1 aliphatic rings. The normalized spacial score (nSPS) is 16.9. The average Bonchev–Trinajstić information content (AvgIpc) is 2.74. The largest absolute Gasteiger partial charge is 0.496 e. The lowest BCUT2D eigenvalue weighted by molar-refractivity contribution is 0.0763. The molecule has 0 saturated heterocycles. The maximum absolute atomic E-state index is 14.9. The molecule has 0 aliphatic heterocycles. The molecule has 2 aromatic rings. The summed E-state index contributed by atoms with van der Waals surface area (Å²) in [6, 6.07) is 11.0. The molecule has 164 valence electrons. The Balaban J connectivity index is 1.72. The number of ether oxygens (including phenoxy) is 1. The van der Waals surface area contributed by atoms with Crippen molar-refractivity contribution in [2.75, 3.05) is 0 Å². The van der Waals surface area contributed by atoms with Crippen LogP contribution in [0.2, 0.25) is 0 Å². The predicted molar refractivity (Wildman–Crippen MR) is 126 cm³/mol. The number of hydrogen-bond donors (Lipinski definition) is 0. The van der Waals surface area contributed by atoms with E-state index in [0.717, 1.165) is 36.8 Å². The highest BCUT2D eigenvalue weighted by Crippen LogP contribution is 2.35. The van der Waals surface area contributed by atoms with Gasteiger partial charge in [-0.1, -0.05) is 48.6 Å². The van der Waals surface area contributed by atoms with Crippen LogP contribution >= 0.6 is 0 Å². The Morgan fingerprint density at radius 1 is 1.03 bits per heavy atom. The van der Waals surface area contributed by atoms with Gasteiger partial charge < -0.3 is 4.74 Å². The van der Waals surface area contributed by atoms with E-state index in [4.69, 9.17) is 4.74 Å². The Labute approximate surface area is 185 Å². The van der Waals surface area contributed by atoms with Gasteiger partial charge in [-0.05, 0) is 81.6 Å². The summed E-state index contributed by atoms with van der Waals surface area (Å²) >= 11 is 0. The van der Waals surface area contributed by atoms with Crippen molar-refractivity contribution in [3.05, 3.63) is 90.2 Å². The Morgan fingerprint density at radius 2 is 1.71 bits per heavy atom. The monoisotopic (exact) mass is 422 g/mol. The fourth-order valence-corrected chi connectivity index (χ4v) is 3.86. The first-order valence-corrected chi connectivity index (χ1v) is 11.0. The number of benzene rings is 2. The Kier molecular flexibility index (Phi) is 7.48. The van der Waals surface area contributed by atoms with Crippen molar-refractivity contribution < 1.29 is 13.5 Å². The second-order valence-corrected chi connectivity index (χ2v) is 9.19. The Morgan fingerprint density at radius 3 is 2.32 bits per heavy atom. The van der Waals surface area contributed by atoms with Crippen LogP contribution < -0.4 is 0 Å². The number of halogens is 2. The van der Waals surface area contributed by atoms with Crippen LogP contribution in [0.25, 0.3) is 16.7 Å². The molecule has 3 heteroatoms. The van der Waals surface area contributed by atoms with Crippen LogP contribution in [0.4, 0.5) is 8.78 Å². The van der Waals surface area contributed by atoms with E-state index in [1.807, 2.05) is 57.2 Å². The third-order valence-corrected chi connectivity index (χ3v) is 5.58. The molecule has 1 aliphatic carbocycles. The Bertz CT molecular complexity index is 962. The molecule has 0 N–H and O–H groups in total. The molecule has 1 nitrogen and oxygen atoms in total. The maximum atomic E-state index is 14.9. The van der Waals surface area contributed by atoms with E-state index < -0.39 is 11.6 Å². The summed E-state index contributed by atoms with van der Waals surface area (Å²) in [5.74, 6) is -0.975. The molecule has 31 heavy (non-hydrogen) atoms. The van der Waals surface area contributed by atoms with Gasteiger partial charge in [-0.25, -0.2) is 8.78 Å². The molecule has 2 aromatic carbocycles. The van der Waals surface area contributed by atoms with E-state index in [0.29, 0.717) is 29.0 Å². The SMILES string of the molecule is C=CCC1CC=C(c2ccc(-c3ccc(C/C=C/OC(C)(C)C)cc3)c(F)c2F)CC1. The standard InChI is InChI=1S/C28H32F2O/c1-5-7-20-9-13-22(14-10-20)24-17-18-25(27(30)26(24)29)23-15-11-21(12-16-23)8-6-19-31-28(2,3)4/h5-6,11-13,15-20H,1,7-10,14H2,2-4H3/b19-6+. The smallest absolute Gasteiger partial charge is 0.167 e. The molecule has 0 aromatic heterocycles. The highest BCUT2D eigenvalue weighted by Gasteiger charge is 2.20. The topological polar surface area (TPSA) is 9.23 Å². The third-order valence-electron chi connectivity index (χ3n) is 5.58. The van der Waals surface area contributed by atoms with Gasteiger partial charge in [0.25, 0.3) is 0 Å². The van der Waals surface area contributed by atoms with Gasteiger partial charge in [0.15, 0.2) is 11.6 Å². The van der Waals surface area contributed by atoms with Gasteiger partial charge in [0.2, 0.25) is 0 Å². The third kappa shape index (κ3) is 6.16. The van der Waals surface area contributed by atoms with Crippen molar-refractivity contribution in [1.29, 1.82) is 0 Å². The molecule has 0 bridgehead atoms. The Hall–Kier alpha value is -2.68. The van der Waals surface area contributed by atoms with Crippen LogP contribution in [-0.4, -0.2) is 5.60 Å². The second-order valence-electron chi connectivity index (χ2n) is 9.19. The molecule has 1 atom stereocenters. The first kappa shape index (κ1) is 23.0. The van der Waals surface area contributed by atoms with Crippen molar-refractivity contribution in [3.8, 4) is 11.1 Å². The zero-order valence-corrected chi connectivity index (χ0v) is 18.8. The highest BCUT2D eigenvalue weighted by atomic mass is 19.2. The quantitative estimate of drug-likeness (QED) is 0.322. The molecule has 0 spiro atoms. The summed E-state index contributed by atoms with van der Waals surface area (Å²) in [5.41, 5.74) is 3.12. The zero-order chi connectivity index (χ0) is 22.4. The molecular weight excluding hydrogens is 390 g/mol. The lowest BCUT2D eigenvalue weighted by atomic mass is 9.84. The van der Waals surface area contributed by atoms with Crippen LogP contribution in [0.15, 0.2) is 67.5 Å². The lowest BCUT2D eigenvalue weighted by Crippen LogP contribution is -2.15. The van der Waals surface area contributed by atoms with Gasteiger partial charge in [0, 0.05) is 11.1 Å². The fourth-order valence-electron chi connectivity index (χ4n) is 3.86. The van der Waals surface area contributed by atoms with Crippen molar-refractivity contribution in [2.24, 2.45) is 5.92 Å². The minimum Gasteiger partial charge on any atom is -0.496 e. The van der Waals surface area contributed by atoms with Crippen LogP contribution in [0, 0.1) is 17.6 Å². The first-order valence-electron chi connectivity index (χ1n) is 11.0. The summed E-state index contributed by atoms with van der Waals surface area (Å²) in [6.45, 7) is 9.78. The van der Waals surface area contributed by atoms with E-state index in [1.165, 1.54) is 0 Å². The first-order chi connectivity index (χ1) is 14.8. The van der Waals surface area contributed by atoms with E-state index in [-0.39, 0.29) is 5.60 Å². The molecule has 3 rings (SSSR count). The summed E-state index contributed by atoms with van der Waals surface area (Å²) in [7, 11) is 0. The van der Waals surface area contributed by atoms with Crippen molar-refractivity contribution in [2.45, 2.75) is 58.5 Å². The molecule has 0 saturated carbocycles. The fraction of sp³-hybridized carbons (Fsp3) is 0.357. The molecule has 0 amide bonds. The van der Waals surface area contributed by atoms with Crippen LogP contribution in [-0.2, 0) is 11.2 Å². The molecule has 0 radical (unpaired) electrons. The highest BCUT2D eigenvalue weighted by molar-refractivity contribution is 5.72. The van der Waals surface area contributed by atoms with Gasteiger partial charge in [-0.15, -0.1) is 6.58 Å². The van der Waals surface area contributed by atoms with Gasteiger partial charge in [-0.3, -0.25) is 0 Å². The summed E-state index contributed by atoms with van der Waals surface area (Å²) in [6.07, 6.45) is 12.0. The number of allylic oxidation sites excluding steroid dienone is 4. The number of rotatable bonds is 7. The van der Waals surface area contributed by atoms with Gasteiger partial charge in [0.1, 0.15) is 0 Å². The van der Waals surface area contributed by atoms with Crippen LogP contribution in [0.5, 0.6) is 0 Å². The van der Waals surface area contributed by atoms with Crippen molar-refractivity contribution >= 4 is 5.57 Å². The van der Waals surface area contributed by atoms with E-state index in [2.05, 4.69) is 12.7 Å². The van der Waals surface area contributed by atoms with E-state index in [9.17, 15) is 8.78 Å². The molecule has 1 unspecified atom stereocenters. The average molecular weight is 423 g/mol. The minimum atomic E-state index is -0.780. The second kappa shape index (κ2) is 10.1. The van der Waals surface area contributed by atoms with Gasteiger partial charge in [-0.2, -0.15) is 0 Å². The molecule has 0 heterocycles. The van der Waals surface area contributed by atoms with Crippen molar-refractivity contribution in [3.63, 3.8) is 0 Å². The summed E-state index contributed by atoms with van der Waals surface area (Å²) < 4.78 is 35.4. The van der Waals surface area contributed by atoms with Gasteiger partial charge in [0.05, 0.1) is 11.9 Å². The summed E-state index contributed by atoms with van der Waals surface area (Å²) in [5, 5.41) is 0. The predicted octanol–water partition coefficient (Wildman–Crippen LogP) is 8.26. The number of hydrogen-bond acceptors (Lipinski definition) is 1. The van der Waals surface area contributed by atoms with E-state index >= 15 is 0 Å². The van der Waals surface area contributed by atoms with Crippen LogP contribution in [0.3, 0.4) is 0 Å². The van der Waals surface area contributed by atoms with E-state index in [1.54, 1.807) is 18.4 Å². The summed E-state index contributed by atoms with van der Waals surface area (Å²) in [4.78, 5) is 0. The molecule has 0 fully saturated rings. The zero-order valence-electron chi connectivity index (χ0n) is 18.8. The minimum absolute atomic E-state index is 0.213. The van der Waals surface area contributed by atoms with Crippen LogP contribution in [0.1, 0.15) is 57.6 Å². The van der Waals surface area contributed by atoms with Gasteiger partial charge >= 0.3 is 0 Å². The molecular formula is C28H32F2O. The lowest BCUT2D eigenvalue weighted by Gasteiger charge is -2.21.